The highest BCUT2D eigenvalue weighted by Crippen LogP contribution is 2.18. The normalized spacial score (nSPS) is 18.7. The van der Waals surface area contributed by atoms with Crippen LogP contribution in [0, 0.1) is 12.8 Å². The van der Waals surface area contributed by atoms with Crippen molar-refractivity contribution in [3.8, 4) is 0 Å². The standard InChI is InChI=1S/C16H23N3O3/c1-11-3-2-4-13(7-11)14(19-16(17)21)8-15(20)18-9-12-5-6-22-10-12/h2-4,7,12,14H,5-6,8-10H2,1H3,(H,18,20)(H3,17,19,21)/t12-,14+/m0/s1. The molecule has 1 aliphatic rings. The van der Waals surface area contributed by atoms with Crippen LogP contribution in [-0.2, 0) is 9.53 Å². The fourth-order valence-corrected chi connectivity index (χ4v) is 2.57. The van der Waals surface area contributed by atoms with E-state index in [1.807, 2.05) is 31.2 Å². The lowest BCUT2D eigenvalue weighted by atomic mass is 10.0. The molecule has 0 aliphatic carbocycles. The molecule has 6 nitrogen and oxygen atoms in total. The number of carbonyl (C=O) groups excluding carboxylic acids is 2. The molecule has 2 atom stereocenters. The van der Waals surface area contributed by atoms with E-state index >= 15 is 0 Å². The van der Waals surface area contributed by atoms with E-state index in [0.29, 0.717) is 19.1 Å². The summed E-state index contributed by atoms with van der Waals surface area (Å²) < 4.78 is 5.28. The lowest BCUT2D eigenvalue weighted by molar-refractivity contribution is -0.121. The lowest BCUT2D eigenvalue weighted by Gasteiger charge is -2.19. The monoisotopic (exact) mass is 305 g/mol. The number of carbonyl (C=O) groups is 2. The van der Waals surface area contributed by atoms with E-state index < -0.39 is 12.1 Å². The predicted molar refractivity (Wildman–Crippen MR) is 83.2 cm³/mol. The molecule has 1 heterocycles. The minimum Gasteiger partial charge on any atom is -0.381 e. The van der Waals surface area contributed by atoms with Gasteiger partial charge in [0.05, 0.1) is 19.1 Å². The Morgan fingerprint density at radius 1 is 1.45 bits per heavy atom. The summed E-state index contributed by atoms with van der Waals surface area (Å²) in [5.41, 5.74) is 7.16. The minimum atomic E-state index is -0.636. The Balaban J connectivity index is 1.93. The van der Waals surface area contributed by atoms with Crippen LogP contribution in [0.2, 0.25) is 0 Å². The van der Waals surface area contributed by atoms with Crippen molar-refractivity contribution >= 4 is 11.9 Å². The van der Waals surface area contributed by atoms with Gasteiger partial charge in [0.25, 0.3) is 0 Å². The van der Waals surface area contributed by atoms with E-state index in [4.69, 9.17) is 10.5 Å². The van der Waals surface area contributed by atoms with Crippen molar-refractivity contribution in [1.29, 1.82) is 0 Å². The average Bonchev–Trinajstić information content (AvgIpc) is 2.97. The molecule has 2 rings (SSSR count). The van der Waals surface area contributed by atoms with Gasteiger partial charge in [0, 0.05) is 19.1 Å². The third kappa shape index (κ3) is 5.04. The fourth-order valence-electron chi connectivity index (χ4n) is 2.57. The number of hydrogen-bond donors (Lipinski definition) is 3. The Labute approximate surface area is 130 Å². The van der Waals surface area contributed by atoms with Gasteiger partial charge in [-0.25, -0.2) is 4.79 Å². The Hall–Kier alpha value is -2.08. The van der Waals surface area contributed by atoms with Crippen LogP contribution in [0.4, 0.5) is 4.79 Å². The second kappa shape index (κ2) is 7.79. The highest BCUT2D eigenvalue weighted by atomic mass is 16.5. The molecule has 0 bridgehead atoms. The fraction of sp³-hybridized carbons (Fsp3) is 0.500. The topological polar surface area (TPSA) is 93.4 Å². The molecule has 1 aromatic carbocycles. The van der Waals surface area contributed by atoms with Crippen molar-refractivity contribution in [1.82, 2.24) is 10.6 Å². The Morgan fingerprint density at radius 2 is 2.27 bits per heavy atom. The van der Waals surface area contributed by atoms with Crippen molar-refractivity contribution < 1.29 is 14.3 Å². The maximum absolute atomic E-state index is 12.1. The van der Waals surface area contributed by atoms with Crippen molar-refractivity contribution in [2.45, 2.75) is 25.8 Å². The lowest BCUT2D eigenvalue weighted by Crippen LogP contribution is -2.37. The van der Waals surface area contributed by atoms with E-state index in [1.54, 1.807) is 0 Å². The summed E-state index contributed by atoms with van der Waals surface area (Å²) in [6.45, 7) is 4.03. The van der Waals surface area contributed by atoms with Crippen LogP contribution in [0.25, 0.3) is 0 Å². The number of urea groups is 1. The smallest absolute Gasteiger partial charge is 0.312 e. The molecule has 0 radical (unpaired) electrons. The second-order valence-electron chi connectivity index (χ2n) is 5.71. The van der Waals surface area contributed by atoms with Crippen molar-refractivity contribution in [3.63, 3.8) is 0 Å². The average molecular weight is 305 g/mol. The molecule has 6 heteroatoms. The Kier molecular flexibility index (Phi) is 5.77. The quantitative estimate of drug-likeness (QED) is 0.738. The van der Waals surface area contributed by atoms with E-state index in [0.717, 1.165) is 24.2 Å². The zero-order valence-corrected chi connectivity index (χ0v) is 12.8. The van der Waals surface area contributed by atoms with Gasteiger partial charge in [-0.3, -0.25) is 4.79 Å². The molecule has 0 spiro atoms. The van der Waals surface area contributed by atoms with Gasteiger partial charge in [-0.05, 0) is 18.9 Å². The molecule has 22 heavy (non-hydrogen) atoms. The van der Waals surface area contributed by atoms with Gasteiger partial charge in [-0.15, -0.1) is 0 Å². The number of rotatable bonds is 6. The van der Waals surface area contributed by atoms with Gasteiger partial charge in [0.1, 0.15) is 0 Å². The molecular formula is C16H23N3O3. The van der Waals surface area contributed by atoms with E-state index in [9.17, 15) is 9.59 Å². The highest BCUT2D eigenvalue weighted by molar-refractivity contribution is 5.78. The highest BCUT2D eigenvalue weighted by Gasteiger charge is 2.20. The van der Waals surface area contributed by atoms with Crippen LogP contribution < -0.4 is 16.4 Å². The maximum atomic E-state index is 12.1. The summed E-state index contributed by atoms with van der Waals surface area (Å²) in [5.74, 6) is 0.276. The summed E-state index contributed by atoms with van der Waals surface area (Å²) in [7, 11) is 0. The molecule has 1 aliphatic heterocycles. The van der Waals surface area contributed by atoms with Crippen LogP contribution in [0.3, 0.4) is 0 Å². The molecule has 1 fully saturated rings. The summed E-state index contributed by atoms with van der Waals surface area (Å²) in [6, 6.07) is 6.63. The van der Waals surface area contributed by atoms with Crippen LogP contribution >= 0.6 is 0 Å². The van der Waals surface area contributed by atoms with Crippen LogP contribution in [0.5, 0.6) is 0 Å². The number of nitrogens with two attached hydrogens (primary N) is 1. The number of nitrogens with one attached hydrogen (secondary N) is 2. The molecule has 0 saturated carbocycles. The van der Waals surface area contributed by atoms with Gasteiger partial charge >= 0.3 is 6.03 Å². The summed E-state index contributed by atoms with van der Waals surface area (Å²) in [4.78, 5) is 23.3. The van der Waals surface area contributed by atoms with Crippen LogP contribution in [0.1, 0.15) is 30.0 Å². The summed E-state index contributed by atoms with van der Waals surface area (Å²) in [5, 5.41) is 5.54. The third-order valence-corrected chi connectivity index (χ3v) is 3.76. The summed E-state index contributed by atoms with van der Waals surface area (Å²) in [6.07, 6.45) is 1.14. The predicted octanol–water partition coefficient (Wildman–Crippen LogP) is 1.25. The maximum Gasteiger partial charge on any atom is 0.312 e. The zero-order valence-electron chi connectivity index (χ0n) is 12.8. The molecular weight excluding hydrogens is 282 g/mol. The molecule has 0 unspecified atom stereocenters. The first-order valence-electron chi connectivity index (χ1n) is 7.51. The Morgan fingerprint density at radius 3 is 2.91 bits per heavy atom. The SMILES string of the molecule is Cc1cccc([C@@H](CC(=O)NC[C@@H]2CCOC2)NC(N)=O)c1. The van der Waals surface area contributed by atoms with E-state index in [1.165, 1.54) is 0 Å². The molecule has 1 saturated heterocycles. The van der Waals surface area contributed by atoms with Gasteiger partial charge in [0.15, 0.2) is 0 Å². The number of amides is 3. The number of primary amides is 1. The first-order chi connectivity index (χ1) is 10.5. The number of hydrogen-bond acceptors (Lipinski definition) is 3. The first-order valence-corrected chi connectivity index (χ1v) is 7.51. The molecule has 0 aromatic heterocycles. The first kappa shape index (κ1) is 16.3. The summed E-state index contributed by atoms with van der Waals surface area (Å²) >= 11 is 0. The van der Waals surface area contributed by atoms with Gasteiger partial charge in [0.2, 0.25) is 5.91 Å². The number of aryl methyl sites for hydroxylation is 1. The number of ether oxygens (including phenoxy) is 1. The van der Waals surface area contributed by atoms with Crippen LogP contribution in [0.15, 0.2) is 24.3 Å². The van der Waals surface area contributed by atoms with Gasteiger partial charge in [-0.2, -0.15) is 0 Å². The van der Waals surface area contributed by atoms with Crippen molar-refractivity contribution in [3.05, 3.63) is 35.4 Å². The molecule has 4 N–H and O–H groups in total. The van der Waals surface area contributed by atoms with E-state index in [-0.39, 0.29) is 12.3 Å². The second-order valence-corrected chi connectivity index (χ2v) is 5.71. The van der Waals surface area contributed by atoms with Crippen LogP contribution in [-0.4, -0.2) is 31.7 Å². The van der Waals surface area contributed by atoms with Crippen molar-refractivity contribution in [2.75, 3.05) is 19.8 Å². The van der Waals surface area contributed by atoms with E-state index in [2.05, 4.69) is 10.6 Å². The molecule has 120 valence electrons. The van der Waals surface area contributed by atoms with Gasteiger partial charge in [-0.1, -0.05) is 29.8 Å². The number of benzene rings is 1. The van der Waals surface area contributed by atoms with Crippen molar-refractivity contribution in [2.24, 2.45) is 11.7 Å². The third-order valence-electron chi connectivity index (χ3n) is 3.76. The minimum absolute atomic E-state index is 0.104. The largest absolute Gasteiger partial charge is 0.381 e. The molecule has 1 aromatic rings. The zero-order chi connectivity index (χ0) is 15.9. The molecule has 3 amide bonds. The van der Waals surface area contributed by atoms with Gasteiger partial charge < -0.3 is 21.1 Å². The Bertz CT molecular complexity index is 527.